The fraction of sp³-hybridized carbons (Fsp3) is 0.474. The van der Waals surface area contributed by atoms with E-state index in [9.17, 15) is 5.11 Å². The highest BCUT2D eigenvalue weighted by Crippen LogP contribution is 2.40. The third-order valence-corrected chi connectivity index (χ3v) is 4.78. The van der Waals surface area contributed by atoms with Crippen molar-refractivity contribution in [3.05, 3.63) is 48.0 Å². The van der Waals surface area contributed by atoms with Gasteiger partial charge in [0.25, 0.3) is 0 Å². The molecule has 1 N–H and O–H groups in total. The molecule has 3 rings (SSSR count). The van der Waals surface area contributed by atoms with Gasteiger partial charge in [-0.05, 0) is 59.4 Å². The molecule has 0 aliphatic heterocycles. The Morgan fingerprint density at radius 3 is 2.25 bits per heavy atom. The van der Waals surface area contributed by atoms with Crippen LogP contribution in [0.3, 0.4) is 0 Å². The molecule has 0 amide bonds. The Morgan fingerprint density at radius 1 is 0.900 bits per heavy atom. The van der Waals surface area contributed by atoms with Crippen molar-refractivity contribution >= 4 is 10.8 Å². The molecule has 0 radical (unpaired) electrons. The molecule has 0 bridgehead atoms. The van der Waals surface area contributed by atoms with Crippen molar-refractivity contribution in [2.75, 3.05) is 0 Å². The van der Waals surface area contributed by atoms with E-state index in [0.29, 0.717) is 5.92 Å². The van der Waals surface area contributed by atoms with Crippen LogP contribution in [0.1, 0.15) is 44.8 Å². The molecule has 1 fully saturated rings. The van der Waals surface area contributed by atoms with E-state index in [-0.39, 0.29) is 6.10 Å². The number of fused-ring (bicyclic) bond motifs is 1. The molecule has 20 heavy (non-hydrogen) atoms. The fourth-order valence-corrected chi connectivity index (χ4v) is 3.93. The Morgan fingerprint density at radius 2 is 1.55 bits per heavy atom. The summed E-state index contributed by atoms with van der Waals surface area (Å²) in [6.07, 6.45) is 3.29. The Labute approximate surface area is 121 Å². The molecule has 0 aromatic heterocycles. The predicted octanol–water partition coefficient (Wildman–Crippen LogP) is 4.95. The zero-order valence-electron chi connectivity index (χ0n) is 12.4. The van der Waals surface area contributed by atoms with Crippen molar-refractivity contribution in [2.24, 2.45) is 17.8 Å². The first kappa shape index (κ1) is 13.6. The van der Waals surface area contributed by atoms with Gasteiger partial charge in [0.15, 0.2) is 0 Å². The summed E-state index contributed by atoms with van der Waals surface area (Å²) in [5.74, 6) is 1.88. The molecule has 3 atom stereocenters. The number of hydrogen-bond acceptors (Lipinski definition) is 1. The molecule has 106 valence electrons. The average Bonchev–Trinajstić information content (AvgIpc) is 2.45. The van der Waals surface area contributed by atoms with E-state index in [4.69, 9.17) is 0 Å². The maximum absolute atomic E-state index is 10.7. The topological polar surface area (TPSA) is 20.2 Å². The van der Waals surface area contributed by atoms with Crippen LogP contribution in [0.5, 0.6) is 0 Å². The number of aliphatic hydroxyl groups excluding tert-OH is 1. The highest BCUT2D eigenvalue weighted by Gasteiger charge is 2.29. The minimum absolute atomic E-state index is 0.315. The lowest BCUT2D eigenvalue weighted by atomic mass is 9.73. The zero-order valence-corrected chi connectivity index (χ0v) is 12.4. The summed E-state index contributed by atoms with van der Waals surface area (Å²) in [4.78, 5) is 0. The number of benzene rings is 2. The van der Waals surface area contributed by atoms with E-state index >= 15 is 0 Å². The lowest BCUT2D eigenvalue weighted by Crippen LogP contribution is -2.24. The lowest BCUT2D eigenvalue weighted by Gasteiger charge is -2.34. The number of aliphatic hydroxyl groups is 1. The second-order valence-corrected chi connectivity index (χ2v) is 6.73. The normalized spacial score (nSPS) is 28.4. The summed E-state index contributed by atoms with van der Waals surface area (Å²) in [6.45, 7) is 4.63. The van der Waals surface area contributed by atoms with E-state index in [1.807, 2.05) is 0 Å². The van der Waals surface area contributed by atoms with Crippen LogP contribution < -0.4 is 0 Å². The number of rotatable bonds is 2. The third-order valence-electron chi connectivity index (χ3n) is 4.78. The van der Waals surface area contributed by atoms with Gasteiger partial charge in [-0.1, -0.05) is 50.2 Å². The minimum Gasteiger partial charge on any atom is -0.388 e. The zero-order chi connectivity index (χ0) is 14.1. The minimum atomic E-state index is -0.315. The standard InChI is InChI=1S/C19H24O/c1-13-9-14(2)11-18(10-13)19(20)17-8-7-15-5-3-4-6-16(15)12-17/h3-8,12-14,18-20H,9-11H2,1-2H3. The molecule has 0 spiro atoms. The molecular formula is C19H24O. The highest BCUT2D eigenvalue weighted by atomic mass is 16.3. The van der Waals surface area contributed by atoms with E-state index in [1.54, 1.807) is 0 Å². The molecule has 1 heteroatoms. The molecule has 0 saturated heterocycles. The summed E-state index contributed by atoms with van der Waals surface area (Å²) in [6, 6.07) is 14.7. The van der Waals surface area contributed by atoms with Gasteiger partial charge in [-0.3, -0.25) is 0 Å². The molecule has 1 aliphatic rings. The predicted molar refractivity (Wildman–Crippen MR) is 84.6 cm³/mol. The van der Waals surface area contributed by atoms with Crippen molar-refractivity contribution in [3.8, 4) is 0 Å². The summed E-state index contributed by atoms with van der Waals surface area (Å²) in [5, 5.41) is 13.2. The van der Waals surface area contributed by atoms with Crippen LogP contribution >= 0.6 is 0 Å². The van der Waals surface area contributed by atoms with Gasteiger partial charge in [0.2, 0.25) is 0 Å². The van der Waals surface area contributed by atoms with Gasteiger partial charge in [0.1, 0.15) is 0 Å². The Kier molecular flexibility index (Phi) is 3.80. The van der Waals surface area contributed by atoms with Crippen LogP contribution in [0.4, 0.5) is 0 Å². The van der Waals surface area contributed by atoms with Crippen molar-refractivity contribution in [2.45, 2.75) is 39.2 Å². The second kappa shape index (κ2) is 5.57. The SMILES string of the molecule is CC1CC(C)CC(C(O)c2ccc3ccccc3c2)C1. The van der Waals surface area contributed by atoms with Crippen LogP contribution in [0.2, 0.25) is 0 Å². The van der Waals surface area contributed by atoms with E-state index in [2.05, 4.69) is 56.3 Å². The summed E-state index contributed by atoms with van der Waals surface area (Å²) in [7, 11) is 0. The number of hydrogen-bond donors (Lipinski definition) is 1. The van der Waals surface area contributed by atoms with E-state index < -0.39 is 0 Å². The quantitative estimate of drug-likeness (QED) is 0.817. The van der Waals surface area contributed by atoms with Crippen LogP contribution in [0, 0.1) is 17.8 Å². The second-order valence-electron chi connectivity index (χ2n) is 6.73. The van der Waals surface area contributed by atoms with Gasteiger partial charge in [0, 0.05) is 0 Å². The van der Waals surface area contributed by atoms with Crippen LogP contribution in [-0.2, 0) is 0 Å². The van der Waals surface area contributed by atoms with Gasteiger partial charge >= 0.3 is 0 Å². The van der Waals surface area contributed by atoms with Crippen molar-refractivity contribution in [3.63, 3.8) is 0 Å². The van der Waals surface area contributed by atoms with E-state index in [1.165, 1.54) is 17.2 Å². The third kappa shape index (κ3) is 2.73. The van der Waals surface area contributed by atoms with Gasteiger partial charge in [-0.25, -0.2) is 0 Å². The largest absolute Gasteiger partial charge is 0.388 e. The highest BCUT2D eigenvalue weighted by molar-refractivity contribution is 5.83. The maximum Gasteiger partial charge on any atom is 0.0818 e. The molecule has 2 aromatic carbocycles. The Hall–Kier alpha value is -1.34. The van der Waals surface area contributed by atoms with Crippen molar-refractivity contribution in [1.82, 2.24) is 0 Å². The first-order valence-electron chi connectivity index (χ1n) is 7.80. The summed E-state index contributed by atoms with van der Waals surface area (Å²) in [5.41, 5.74) is 1.08. The smallest absolute Gasteiger partial charge is 0.0818 e. The average molecular weight is 268 g/mol. The Bertz CT molecular complexity index is 579. The van der Waals surface area contributed by atoms with Crippen molar-refractivity contribution < 1.29 is 5.11 Å². The van der Waals surface area contributed by atoms with Crippen LogP contribution in [0.15, 0.2) is 42.5 Å². The van der Waals surface area contributed by atoms with Crippen molar-refractivity contribution in [1.29, 1.82) is 0 Å². The van der Waals surface area contributed by atoms with Gasteiger partial charge in [-0.15, -0.1) is 0 Å². The van der Waals surface area contributed by atoms with Crippen LogP contribution in [0.25, 0.3) is 10.8 Å². The maximum atomic E-state index is 10.7. The molecular weight excluding hydrogens is 244 g/mol. The monoisotopic (exact) mass is 268 g/mol. The summed E-state index contributed by atoms with van der Waals surface area (Å²) < 4.78 is 0. The molecule has 3 unspecified atom stereocenters. The lowest BCUT2D eigenvalue weighted by molar-refractivity contribution is 0.0553. The van der Waals surface area contributed by atoms with Gasteiger partial charge < -0.3 is 5.11 Å². The van der Waals surface area contributed by atoms with Crippen LogP contribution in [-0.4, -0.2) is 5.11 Å². The first-order valence-corrected chi connectivity index (χ1v) is 7.80. The van der Waals surface area contributed by atoms with E-state index in [0.717, 1.165) is 30.2 Å². The summed E-state index contributed by atoms with van der Waals surface area (Å²) >= 11 is 0. The first-order chi connectivity index (χ1) is 9.63. The molecule has 1 saturated carbocycles. The molecule has 1 nitrogen and oxygen atoms in total. The van der Waals surface area contributed by atoms with Gasteiger partial charge in [0.05, 0.1) is 6.10 Å². The fourth-order valence-electron chi connectivity index (χ4n) is 3.93. The Balaban J connectivity index is 1.86. The molecule has 0 heterocycles. The molecule has 1 aliphatic carbocycles. The van der Waals surface area contributed by atoms with Gasteiger partial charge in [-0.2, -0.15) is 0 Å². The molecule has 2 aromatic rings.